The van der Waals surface area contributed by atoms with Gasteiger partial charge in [-0.3, -0.25) is 0 Å². The molecule has 1 N–H and O–H groups in total. The summed E-state index contributed by atoms with van der Waals surface area (Å²) in [5.41, 5.74) is 0.0308. The highest BCUT2D eigenvalue weighted by atomic mass is 16.5. The Labute approximate surface area is 57.6 Å². The fraction of sp³-hybridized carbons (Fsp3) is 1.00. The molecule has 0 aromatic rings. The van der Waals surface area contributed by atoms with Gasteiger partial charge in [0.15, 0.2) is 0 Å². The van der Waals surface area contributed by atoms with Crippen molar-refractivity contribution in [3.8, 4) is 0 Å². The van der Waals surface area contributed by atoms with Gasteiger partial charge in [0.2, 0.25) is 0 Å². The fourth-order valence-corrected chi connectivity index (χ4v) is 0.528. The number of nitrogens with one attached hydrogen (secondary N) is 1. The standard InChI is InChI=1S/C7H17NO/c1-7(2,9-4)5-6-8-3/h8H,5-6H2,1-4H3. The molecule has 0 atom stereocenters. The highest BCUT2D eigenvalue weighted by Gasteiger charge is 2.14. The molecular formula is C7H17NO. The van der Waals surface area contributed by atoms with Gasteiger partial charge in [-0.15, -0.1) is 0 Å². The minimum atomic E-state index is 0.0308. The van der Waals surface area contributed by atoms with E-state index >= 15 is 0 Å². The first kappa shape index (κ1) is 8.92. The first-order valence-electron chi connectivity index (χ1n) is 3.32. The molecule has 0 aromatic heterocycles. The van der Waals surface area contributed by atoms with Crippen LogP contribution < -0.4 is 5.32 Å². The number of hydrogen-bond donors (Lipinski definition) is 1. The normalized spacial score (nSPS) is 12.0. The predicted octanol–water partition coefficient (Wildman–Crippen LogP) is 1.02. The van der Waals surface area contributed by atoms with Gasteiger partial charge < -0.3 is 10.1 Å². The largest absolute Gasteiger partial charge is 0.379 e. The molecule has 2 heteroatoms. The molecule has 0 unspecified atom stereocenters. The molecule has 0 saturated carbocycles. The minimum Gasteiger partial charge on any atom is -0.379 e. The van der Waals surface area contributed by atoms with E-state index in [1.54, 1.807) is 7.11 Å². The highest BCUT2D eigenvalue weighted by Crippen LogP contribution is 2.10. The third-order valence-electron chi connectivity index (χ3n) is 1.53. The van der Waals surface area contributed by atoms with Crippen LogP contribution >= 0.6 is 0 Å². The highest BCUT2D eigenvalue weighted by molar-refractivity contribution is 4.67. The van der Waals surface area contributed by atoms with E-state index in [1.807, 2.05) is 7.05 Å². The Balaban J connectivity index is 3.33. The molecular weight excluding hydrogens is 114 g/mol. The van der Waals surface area contributed by atoms with Crippen LogP contribution in [-0.4, -0.2) is 26.3 Å². The van der Waals surface area contributed by atoms with Crippen LogP contribution in [0.3, 0.4) is 0 Å². The summed E-state index contributed by atoms with van der Waals surface area (Å²) in [5, 5.41) is 3.08. The molecule has 0 radical (unpaired) electrons. The summed E-state index contributed by atoms with van der Waals surface area (Å²) in [5.74, 6) is 0. The lowest BCUT2D eigenvalue weighted by Crippen LogP contribution is -2.27. The molecule has 0 rings (SSSR count). The van der Waals surface area contributed by atoms with Crippen LogP contribution in [-0.2, 0) is 4.74 Å². The van der Waals surface area contributed by atoms with Gasteiger partial charge in [-0.25, -0.2) is 0 Å². The topological polar surface area (TPSA) is 21.3 Å². The van der Waals surface area contributed by atoms with Gasteiger partial charge in [-0.05, 0) is 33.9 Å². The molecule has 0 aromatic carbocycles. The summed E-state index contributed by atoms with van der Waals surface area (Å²) in [4.78, 5) is 0. The van der Waals surface area contributed by atoms with E-state index in [1.165, 1.54) is 0 Å². The summed E-state index contributed by atoms with van der Waals surface area (Å²) < 4.78 is 5.20. The Morgan fingerprint density at radius 3 is 2.33 bits per heavy atom. The maximum Gasteiger partial charge on any atom is 0.0634 e. The second-order valence-corrected chi connectivity index (χ2v) is 2.82. The number of hydrogen-bond acceptors (Lipinski definition) is 2. The molecule has 0 aliphatic rings. The molecule has 0 aliphatic heterocycles. The first-order chi connectivity index (χ1) is 4.12. The fourth-order valence-electron chi connectivity index (χ4n) is 0.528. The van der Waals surface area contributed by atoms with Crippen molar-refractivity contribution >= 4 is 0 Å². The second-order valence-electron chi connectivity index (χ2n) is 2.82. The first-order valence-corrected chi connectivity index (χ1v) is 3.32. The molecule has 0 amide bonds. The monoisotopic (exact) mass is 131 g/mol. The van der Waals surface area contributed by atoms with Crippen molar-refractivity contribution in [1.82, 2.24) is 5.32 Å². The summed E-state index contributed by atoms with van der Waals surface area (Å²) in [6.07, 6.45) is 1.06. The van der Waals surface area contributed by atoms with E-state index in [4.69, 9.17) is 4.74 Å². The van der Waals surface area contributed by atoms with Crippen LogP contribution in [0.25, 0.3) is 0 Å². The maximum atomic E-state index is 5.20. The van der Waals surface area contributed by atoms with Crippen LogP contribution in [0.15, 0.2) is 0 Å². The predicted molar refractivity (Wildman–Crippen MR) is 39.6 cm³/mol. The van der Waals surface area contributed by atoms with Gasteiger partial charge in [-0.2, -0.15) is 0 Å². The van der Waals surface area contributed by atoms with Gasteiger partial charge in [0.25, 0.3) is 0 Å². The molecule has 0 heterocycles. The van der Waals surface area contributed by atoms with Crippen molar-refractivity contribution in [3.63, 3.8) is 0 Å². The third-order valence-corrected chi connectivity index (χ3v) is 1.53. The summed E-state index contributed by atoms with van der Waals surface area (Å²) >= 11 is 0. The SMILES string of the molecule is CNCCC(C)(C)OC. The van der Waals surface area contributed by atoms with Gasteiger partial charge in [0, 0.05) is 7.11 Å². The molecule has 9 heavy (non-hydrogen) atoms. The Morgan fingerprint density at radius 2 is 2.00 bits per heavy atom. The van der Waals surface area contributed by atoms with Crippen molar-refractivity contribution in [2.24, 2.45) is 0 Å². The van der Waals surface area contributed by atoms with Crippen LogP contribution in [0.4, 0.5) is 0 Å². The van der Waals surface area contributed by atoms with Gasteiger partial charge in [0.05, 0.1) is 5.60 Å². The minimum absolute atomic E-state index is 0.0308. The second kappa shape index (κ2) is 3.85. The summed E-state index contributed by atoms with van der Waals surface area (Å²) in [6.45, 7) is 5.19. The van der Waals surface area contributed by atoms with E-state index < -0.39 is 0 Å². The summed E-state index contributed by atoms with van der Waals surface area (Å²) in [7, 11) is 3.70. The zero-order valence-corrected chi connectivity index (χ0v) is 6.82. The molecule has 0 saturated heterocycles. The van der Waals surface area contributed by atoms with Gasteiger partial charge >= 0.3 is 0 Å². The van der Waals surface area contributed by atoms with Gasteiger partial charge in [-0.1, -0.05) is 0 Å². The number of ether oxygens (including phenoxy) is 1. The van der Waals surface area contributed by atoms with Crippen LogP contribution in [0.1, 0.15) is 20.3 Å². The Morgan fingerprint density at radius 1 is 1.44 bits per heavy atom. The molecule has 0 aliphatic carbocycles. The van der Waals surface area contributed by atoms with Crippen molar-refractivity contribution in [2.75, 3.05) is 20.7 Å². The van der Waals surface area contributed by atoms with Crippen molar-refractivity contribution < 1.29 is 4.74 Å². The van der Waals surface area contributed by atoms with Crippen LogP contribution in [0.2, 0.25) is 0 Å². The molecule has 56 valence electrons. The Bertz CT molecular complexity index is 71.3. The van der Waals surface area contributed by atoms with E-state index in [2.05, 4.69) is 19.2 Å². The molecule has 0 spiro atoms. The lowest BCUT2D eigenvalue weighted by molar-refractivity contribution is 0.0162. The number of rotatable bonds is 4. The maximum absolute atomic E-state index is 5.20. The van der Waals surface area contributed by atoms with E-state index in [0.717, 1.165) is 13.0 Å². The Hall–Kier alpha value is -0.0800. The molecule has 0 fully saturated rings. The average molecular weight is 131 g/mol. The van der Waals surface area contributed by atoms with Crippen molar-refractivity contribution in [1.29, 1.82) is 0 Å². The number of methoxy groups -OCH3 is 1. The van der Waals surface area contributed by atoms with E-state index in [9.17, 15) is 0 Å². The smallest absolute Gasteiger partial charge is 0.0634 e. The van der Waals surface area contributed by atoms with Crippen LogP contribution in [0.5, 0.6) is 0 Å². The van der Waals surface area contributed by atoms with E-state index in [0.29, 0.717) is 0 Å². The molecule has 2 nitrogen and oxygen atoms in total. The zero-order chi connectivity index (χ0) is 7.33. The van der Waals surface area contributed by atoms with E-state index in [-0.39, 0.29) is 5.60 Å². The molecule has 0 bridgehead atoms. The lowest BCUT2D eigenvalue weighted by Gasteiger charge is -2.22. The van der Waals surface area contributed by atoms with Crippen LogP contribution in [0, 0.1) is 0 Å². The summed E-state index contributed by atoms with van der Waals surface area (Å²) in [6, 6.07) is 0. The average Bonchev–Trinajstić information content (AvgIpc) is 1.84. The van der Waals surface area contributed by atoms with Crippen molar-refractivity contribution in [2.45, 2.75) is 25.9 Å². The van der Waals surface area contributed by atoms with Gasteiger partial charge in [0.1, 0.15) is 0 Å². The van der Waals surface area contributed by atoms with Crippen molar-refractivity contribution in [3.05, 3.63) is 0 Å². The third kappa shape index (κ3) is 4.43. The quantitative estimate of drug-likeness (QED) is 0.615. The zero-order valence-electron chi connectivity index (χ0n) is 6.82. The Kier molecular flexibility index (Phi) is 3.82. The lowest BCUT2D eigenvalue weighted by atomic mass is 10.1.